The van der Waals surface area contributed by atoms with E-state index in [1.165, 1.54) is 7.11 Å². The molecule has 0 radical (unpaired) electrons. The Kier molecular flexibility index (Phi) is 6.12. The summed E-state index contributed by atoms with van der Waals surface area (Å²) in [6.07, 6.45) is 5.91. The summed E-state index contributed by atoms with van der Waals surface area (Å²) < 4.78 is 5.15. The first-order valence-corrected chi connectivity index (χ1v) is 14.7. The van der Waals surface area contributed by atoms with Crippen LogP contribution in [0.15, 0.2) is 42.5 Å². The molecule has 2 atom stereocenters. The van der Waals surface area contributed by atoms with E-state index in [1.54, 1.807) is 4.90 Å². The second kappa shape index (κ2) is 8.89. The molecule has 0 fully saturated rings. The number of terminal acetylenes is 1. The van der Waals surface area contributed by atoms with Crippen LogP contribution in [0.25, 0.3) is 10.9 Å². The minimum Gasteiger partial charge on any atom is -0.467 e. The third-order valence-electron chi connectivity index (χ3n) is 6.02. The van der Waals surface area contributed by atoms with Crippen LogP contribution in [0, 0.1) is 30.7 Å². The molecule has 0 bridgehead atoms. The third-order valence-corrected chi connectivity index (χ3v) is 6.90. The summed E-state index contributed by atoms with van der Waals surface area (Å²) in [5, 5.41) is 1.05. The van der Waals surface area contributed by atoms with E-state index in [1.807, 2.05) is 43.3 Å². The van der Waals surface area contributed by atoms with Crippen LogP contribution in [-0.2, 0) is 20.7 Å². The van der Waals surface area contributed by atoms with Crippen LogP contribution in [0.1, 0.15) is 34.0 Å². The number of carbonyl (C=O) groups excluding carboxylic acids is 2. The molecule has 1 aliphatic heterocycles. The molecule has 0 unspecified atom stereocenters. The highest BCUT2D eigenvalue weighted by Gasteiger charge is 2.43. The molecule has 1 aromatic heterocycles. The van der Waals surface area contributed by atoms with E-state index in [4.69, 9.17) is 11.2 Å². The number of hydrogen-bond donors (Lipinski definition) is 1. The van der Waals surface area contributed by atoms with Gasteiger partial charge < -0.3 is 14.6 Å². The SMILES string of the molecule is C#Cc1ccc([C@@H]2c3[nH]c4ccc(C)cc4c3C[C@H](C(=O)OC)N2C(=O)C#C[Si](C)(C)C)cc1. The summed E-state index contributed by atoms with van der Waals surface area (Å²) in [5.41, 5.74) is 8.74. The van der Waals surface area contributed by atoms with E-state index in [0.717, 1.165) is 38.9 Å². The summed E-state index contributed by atoms with van der Waals surface area (Å²) in [6, 6.07) is 12.4. The number of methoxy groups -OCH3 is 1. The monoisotopic (exact) mass is 468 g/mol. The molecule has 34 heavy (non-hydrogen) atoms. The number of fused-ring (bicyclic) bond motifs is 3. The number of aromatic nitrogens is 1. The Bertz CT molecular complexity index is 1380. The van der Waals surface area contributed by atoms with Crippen LogP contribution >= 0.6 is 0 Å². The van der Waals surface area contributed by atoms with E-state index < -0.39 is 26.1 Å². The lowest BCUT2D eigenvalue weighted by Crippen LogP contribution is -2.51. The smallest absolute Gasteiger partial charge is 0.328 e. The second-order valence-electron chi connectivity index (χ2n) is 9.69. The lowest BCUT2D eigenvalue weighted by Gasteiger charge is -2.40. The Morgan fingerprint density at radius 3 is 2.47 bits per heavy atom. The lowest BCUT2D eigenvalue weighted by atomic mass is 9.87. The van der Waals surface area contributed by atoms with E-state index in [9.17, 15) is 9.59 Å². The fourth-order valence-electron chi connectivity index (χ4n) is 4.43. The van der Waals surface area contributed by atoms with Gasteiger partial charge in [-0.05, 0) is 48.2 Å². The van der Waals surface area contributed by atoms with Gasteiger partial charge in [-0.1, -0.05) is 49.3 Å². The van der Waals surface area contributed by atoms with Crippen molar-refractivity contribution in [2.75, 3.05) is 7.11 Å². The summed E-state index contributed by atoms with van der Waals surface area (Å²) in [7, 11) is -0.462. The number of aryl methyl sites for hydroxylation is 1. The summed E-state index contributed by atoms with van der Waals surface area (Å²) in [4.78, 5) is 31.7. The quantitative estimate of drug-likeness (QED) is 0.345. The fourth-order valence-corrected chi connectivity index (χ4v) is 4.91. The van der Waals surface area contributed by atoms with Gasteiger partial charge in [0, 0.05) is 28.6 Å². The standard InChI is InChI=1S/C28H28N2O3Si/c1-7-19-9-11-20(12-10-19)27-26-22(21-16-18(2)8-13-23(21)29-26)17-24(28(32)33-3)30(27)25(31)14-15-34(4,5)6/h1,8-13,16,24,27,29H,17H2,2-6H3/t24-,27-/m1/s1. The number of H-pyrrole nitrogens is 1. The molecule has 0 saturated carbocycles. The Hall–Kier alpha value is -3.74. The maximum absolute atomic E-state index is 13.6. The number of ether oxygens (including phenoxy) is 1. The molecule has 0 saturated heterocycles. The first-order valence-electron chi connectivity index (χ1n) is 11.2. The van der Waals surface area contributed by atoms with E-state index >= 15 is 0 Å². The number of nitrogens with zero attached hydrogens (tertiary/aromatic N) is 1. The van der Waals surface area contributed by atoms with E-state index in [0.29, 0.717) is 6.42 Å². The fraction of sp³-hybridized carbons (Fsp3) is 0.286. The van der Waals surface area contributed by atoms with Crippen LogP contribution in [-0.4, -0.2) is 43.0 Å². The zero-order chi connectivity index (χ0) is 24.6. The van der Waals surface area contributed by atoms with Crippen molar-refractivity contribution in [2.24, 2.45) is 0 Å². The Morgan fingerprint density at radius 2 is 1.85 bits per heavy atom. The Labute approximate surface area is 201 Å². The normalized spacial score (nSPS) is 17.4. The molecule has 1 N–H and O–H groups in total. The largest absolute Gasteiger partial charge is 0.467 e. The van der Waals surface area contributed by atoms with Crippen molar-refractivity contribution in [1.29, 1.82) is 0 Å². The van der Waals surface area contributed by atoms with Gasteiger partial charge in [-0.3, -0.25) is 4.79 Å². The van der Waals surface area contributed by atoms with Crippen molar-refractivity contribution >= 4 is 30.9 Å². The second-order valence-corrected chi connectivity index (χ2v) is 14.4. The molecule has 1 aliphatic rings. The molecule has 3 aromatic rings. The number of amides is 1. The number of hydrogen-bond acceptors (Lipinski definition) is 3. The third kappa shape index (κ3) is 4.38. The average molecular weight is 469 g/mol. The number of aromatic amines is 1. The van der Waals surface area contributed by atoms with Crippen LogP contribution < -0.4 is 0 Å². The molecule has 6 heteroatoms. The predicted octanol–water partition coefficient (Wildman–Crippen LogP) is 4.35. The summed E-state index contributed by atoms with van der Waals surface area (Å²) in [5.74, 6) is 4.63. The van der Waals surface area contributed by atoms with Gasteiger partial charge in [0.1, 0.15) is 14.1 Å². The summed E-state index contributed by atoms with van der Waals surface area (Å²) in [6.45, 7) is 8.28. The highest BCUT2D eigenvalue weighted by atomic mass is 28.3. The van der Waals surface area contributed by atoms with Crippen molar-refractivity contribution in [3.63, 3.8) is 0 Å². The average Bonchev–Trinajstić information content (AvgIpc) is 3.17. The van der Waals surface area contributed by atoms with Gasteiger partial charge in [0.15, 0.2) is 0 Å². The van der Waals surface area contributed by atoms with Gasteiger partial charge in [-0.25, -0.2) is 4.79 Å². The highest BCUT2D eigenvalue weighted by Crippen LogP contribution is 2.41. The lowest BCUT2D eigenvalue weighted by molar-refractivity contribution is -0.153. The minimum atomic E-state index is -1.81. The molecule has 2 aromatic carbocycles. The Morgan fingerprint density at radius 1 is 1.15 bits per heavy atom. The van der Waals surface area contributed by atoms with Crippen molar-refractivity contribution in [3.8, 4) is 23.8 Å². The van der Waals surface area contributed by atoms with Crippen molar-refractivity contribution < 1.29 is 14.3 Å². The first-order chi connectivity index (χ1) is 16.1. The number of nitrogens with one attached hydrogen (secondary N) is 1. The number of rotatable bonds is 2. The molecule has 0 aliphatic carbocycles. The van der Waals surface area contributed by atoms with Gasteiger partial charge in [-0.15, -0.1) is 12.0 Å². The minimum absolute atomic E-state index is 0.352. The zero-order valence-electron chi connectivity index (χ0n) is 20.2. The zero-order valence-corrected chi connectivity index (χ0v) is 21.2. The molecule has 172 valence electrons. The van der Waals surface area contributed by atoms with Crippen LogP contribution in [0.4, 0.5) is 0 Å². The predicted molar refractivity (Wildman–Crippen MR) is 137 cm³/mol. The molecule has 0 spiro atoms. The maximum Gasteiger partial charge on any atom is 0.328 e. The molecular weight excluding hydrogens is 440 g/mol. The van der Waals surface area contributed by atoms with Crippen molar-refractivity contribution in [1.82, 2.24) is 9.88 Å². The van der Waals surface area contributed by atoms with Crippen molar-refractivity contribution in [3.05, 3.63) is 70.4 Å². The molecule has 4 rings (SSSR count). The van der Waals surface area contributed by atoms with Gasteiger partial charge >= 0.3 is 5.97 Å². The molecule has 5 nitrogen and oxygen atoms in total. The molecule has 2 heterocycles. The van der Waals surface area contributed by atoms with Gasteiger partial charge in [0.05, 0.1) is 13.2 Å². The van der Waals surface area contributed by atoms with E-state index in [-0.39, 0.29) is 5.91 Å². The van der Waals surface area contributed by atoms with E-state index in [2.05, 4.69) is 48.1 Å². The number of esters is 1. The summed E-state index contributed by atoms with van der Waals surface area (Å²) >= 11 is 0. The van der Waals surface area contributed by atoms with Crippen LogP contribution in [0.2, 0.25) is 19.6 Å². The maximum atomic E-state index is 13.6. The Balaban J connectivity index is 1.97. The van der Waals surface area contributed by atoms with Crippen molar-refractivity contribution in [2.45, 2.75) is 45.1 Å². The van der Waals surface area contributed by atoms with Crippen LogP contribution in [0.5, 0.6) is 0 Å². The van der Waals surface area contributed by atoms with Gasteiger partial charge in [0.2, 0.25) is 0 Å². The van der Waals surface area contributed by atoms with Gasteiger partial charge in [0.25, 0.3) is 5.91 Å². The number of carbonyl (C=O) groups is 2. The first kappa shape index (κ1) is 23.4. The topological polar surface area (TPSA) is 62.4 Å². The molecular formula is C28H28N2O3Si. The highest BCUT2D eigenvalue weighted by molar-refractivity contribution is 6.84. The molecule has 1 amide bonds. The number of benzene rings is 2. The van der Waals surface area contributed by atoms with Gasteiger partial charge in [-0.2, -0.15) is 0 Å². The van der Waals surface area contributed by atoms with Crippen LogP contribution in [0.3, 0.4) is 0 Å².